The molecule has 2 aliphatic heterocycles. The van der Waals surface area contributed by atoms with Crippen molar-refractivity contribution in [2.24, 2.45) is 11.8 Å². The quantitative estimate of drug-likeness (QED) is 0.120. The first-order valence-corrected chi connectivity index (χ1v) is 20.3. The van der Waals surface area contributed by atoms with Gasteiger partial charge in [0.25, 0.3) is 11.8 Å². The van der Waals surface area contributed by atoms with Gasteiger partial charge in [0.1, 0.15) is 5.76 Å². The van der Waals surface area contributed by atoms with E-state index in [1.807, 2.05) is 84.9 Å². The van der Waals surface area contributed by atoms with Crippen molar-refractivity contribution in [1.82, 2.24) is 30.1 Å². The van der Waals surface area contributed by atoms with Gasteiger partial charge in [0.2, 0.25) is 11.6 Å². The van der Waals surface area contributed by atoms with Gasteiger partial charge in [0.05, 0.1) is 18.1 Å². The van der Waals surface area contributed by atoms with Crippen LogP contribution in [0.25, 0.3) is 57.0 Å². The Kier molecular flexibility index (Phi) is 12.3. The second-order valence-electron chi connectivity index (χ2n) is 15.9. The standard InChI is InChI=1S/C24H25N3O3.C23H19N3O4.CH4/c28-24(29)21-14-27(15-21)13-16-5-7-19(8-6-16)22-25-23(30-26-22)20-11-9-18(10-12-20)17-3-1-2-4-17;27-23(28)19-13-26(14-19)12-15-3-5-17(6-4-15)21-24-22(30-25-21)18-9-7-16(8-10-18)20-2-1-11-29-20;/h5-12,17,21H,1-4,13-15H2,(H,28,29);1-11,19H,12-14H2,(H,27,28);1H4. The molecule has 4 aromatic carbocycles. The van der Waals surface area contributed by atoms with E-state index in [1.165, 1.54) is 31.2 Å². The molecule has 3 fully saturated rings. The molecule has 2 N–H and O–H groups in total. The Bertz CT molecular complexity index is 2510. The molecule has 0 atom stereocenters. The van der Waals surface area contributed by atoms with Crippen LogP contribution in [-0.4, -0.2) is 78.4 Å². The van der Waals surface area contributed by atoms with Crippen molar-refractivity contribution in [1.29, 1.82) is 0 Å². The van der Waals surface area contributed by atoms with Crippen LogP contribution in [-0.2, 0) is 22.7 Å². The second-order valence-corrected chi connectivity index (χ2v) is 15.9. The number of carboxylic acids is 2. The first kappa shape index (κ1) is 41.1. The van der Waals surface area contributed by atoms with Gasteiger partial charge in [-0.2, -0.15) is 9.97 Å². The summed E-state index contributed by atoms with van der Waals surface area (Å²) < 4.78 is 16.4. The summed E-state index contributed by atoms with van der Waals surface area (Å²) in [6.45, 7) is 3.93. The highest BCUT2D eigenvalue weighted by Crippen LogP contribution is 2.35. The van der Waals surface area contributed by atoms with Gasteiger partial charge in [-0.1, -0.05) is 103 Å². The molecule has 0 radical (unpaired) electrons. The highest BCUT2D eigenvalue weighted by Gasteiger charge is 2.33. The molecule has 5 heterocycles. The number of benzene rings is 4. The van der Waals surface area contributed by atoms with Crippen LogP contribution in [0.2, 0.25) is 0 Å². The van der Waals surface area contributed by atoms with E-state index in [-0.39, 0.29) is 19.3 Å². The first-order chi connectivity index (χ1) is 29.3. The molecule has 61 heavy (non-hydrogen) atoms. The zero-order valence-corrected chi connectivity index (χ0v) is 32.9. The lowest BCUT2D eigenvalue weighted by Gasteiger charge is -2.36. The molecule has 1 saturated carbocycles. The number of furan rings is 1. The Labute approximate surface area is 353 Å². The molecule has 1 aliphatic carbocycles. The number of hydrogen-bond donors (Lipinski definition) is 2. The molecule has 13 nitrogen and oxygen atoms in total. The summed E-state index contributed by atoms with van der Waals surface area (Å²) in [5.41, 5.74) is 8.22. The highest BCUT2D eigenvalue weighted by atomic mass is 16.5. The molecule has 312 valence electrons. The lowest BCUT2D eigenvalue weighted by atomic mass is 9.97. The molecule has 0 bridgehead atoms. The number of likely N-dealkylation sites (tertiary alicyclic amines) is 2. The third-order valence-electron chi connectivity index (χ3n) is 11.6. The Balaban J connectivity index is 0.000000166. The molecule has 7 aromatic rings. The third kappa shape index (κ3) is 9.53. The summed E-state index contributed by atoms with van der Waals surface area (Å²) >= 11 is 0. The number of aliphatic carboxylic acids is 2. The molecule has 10 rings (SSSR count). The van der Waals surface area contributed by atoms with Gasteiger partial charge < -0.3 is 23.7 Å². The SMILES string of the molecule is C.O=C(O)C1CN(Cc2ccc(-c3noc(-c4ccc(-c5ccco5)cc4)n3)cc2)C1.O=C(O)C1CN(Cc2ccc(-c3noc(-c4ccc(C5CCCC5)cc4)n3)cc2)C1. The second kappa shape index (κ2) is 18.3. The Morgan fingerprint density at radius 2 is 1.00 bits per heavy atom. The monoisotopic (exact) mass is 820 g/mol. The van der Waals surface area contributed by atoms with Gasteiger partial charge in [0, 0.05) is 67.1 Å². The van der Waals surface area contributed by atoms with Crippen LogP contribution in [0.4, 0.5) is 0 Å². The number of aromatic nitrogens is 4. The first-order valence-electron chi connectivity index (χ1n) is 20.3. The van der Waals surface area contributed by atoms with E-state index in [0.29, 0.717) is 55.5 Å². The smallest absolute Gasteiger partial charge is 0.309 e. The fourth-order valence-corrected chi connectivity index (χ4v) is 8.04. The van der Waals surface area contributed by atoms with Gasteiger partial charge in [-0.3, -0.25) is 19.4 Å². The van der Waals surface area contributed by atoms with Gasteiger partial charge in [-0.25, -0.2) is 0 Å². The van der Waals surface area contributed by atoms with Crippen LogP contribution in [0.5, 0.6) is 0 Å². The average Bonchev–Trinajstić information content (AvgIpc) is 4.09. The predicted octanol–water partition coefficient (Wildman–Crippen LogP) is 9.39. The van der Waals surface area contributed by atoms with Crippen molar-refractivity contribution in [2.75, 3.05) is 26.2 Å². The molecule has 0 unspecified atom stereocenters. The molecule has 3 aliphatic rings. The molecule has 13 heteroatoms. The number of carboxylic acid groups (broad SMARTS) is 2. The van der Waals surface area contributed by atoms with Crippen molar-refractivity contribution in [3.63, 3.8) is 0 Å². The van der Waals surface area contributed by atoms with Crippen molar-refractivity contribution in [2.45, 2.75) is 52.1 Å². The average molecular weight is 821 g/mol. The number of rotatable bonds is 12. The van der Waals surface area contributed by atoms with E-state index in [2.05, 4.69) is 54.3 Å². The maximum absolute atomic E-state index is 10.9. The van der Waals surface area contributed by atoms with Crippen molar-refractivity contribution < 1.29 is 33.3 Å². The lowest BCUT2D eigenvalue weighted by Crippen LogP contribution is -2.49. The Hall–Kier alpha value is -6.70. The minimum atomic E-state index is -0.717. The molecule has 0 amide bonds. The zero-order chi connectivity index (χ0) is 41.0. The summed E-state index contributed by atoms with van der Waals surface area (Å²) in [6, 6.07) is 36.0. The van der Waals surface area contributed by atoms with E-state index in [4.69, 9.17) is 23.7 Å². The third-order valence-corrected chi connectivity index (χ3v) is 11.6. The summed E-state index contributed by atoms with van der Waals surface area (Å²) in [6.07, 6.45) is 6.89. The van der Waals surface area contributed by atoms with Crippen LogP contribution in [0.3, 0.4) is 0 Å². The van der Waals surface area contributed by atoms with Crippen LogP contribution in [0, 0.1) is 11.8 Å². The van der Waals surface area contributed by atoms with E-state index in [1.54, 1.807) is 6.26 Å². The summed E-state index contributed by atoms with van der Waals surface area (Å²) in [4.78, 5) is 35.2. The molecule has 3 aromatic heterocycles. The molecular formula is C48H48N6O7. The van der Waals surface area contributed by atoms with Crippen molar-refractivity contribution in [3.8, 4) is 57.0 Å². The Morgan fingerprint density at radius 1 is 0.574 bits per heavy atom. The maximum Gasteiger partial charge on any atom is 0.309 e. The van der Waals surface area contributed by atoms with Gasteiger partial charge in [-0.15, -0.1) is 0 Å². The van der Waals surface area contributed by atoms with E-state index in [9.17, 15) is 9.59 Å². The molecule has 0 spiro atoms. The number of carbonyl (C=O) groups is 2. The van der Waals surface area contributed by atoms with Crippen LogP contribution in [0.1, 0.15) is 55.7 Å². The van der Waals surface area contributed by atoms with Gasteiger partial charge in [-0.05, 0) is 71.8 Å². The molecule has 2 saturated heterocycles. The minimum Gasteiger partial charge on any atom is -0.481 e. The number of nitrogens with zero attached hydrogens (tertiary/aromatic N) is 6. The topological polar surface area (TPSA) is 172 Å². The van der Waals surface area contributed by atoms with Gasteiger partial charge in [0.15, 0.2) is 0 Å². The summed E-state index contributed by atoms with van der Waals surface area (Å²) in [7, 11) is 0. The van der Waals surface area contributed by atoms with Gasteiger partial charge >= 0.3 is 11.9 Å². The lowest BCUT2D eigenvalue weighted by molar-refractivity contribution is -0.148. The number of hydrogen-bond acceptors (Lipinski definition) is 11. The van der Waals surface area contributed by atoms with Crippen molar-refractivity contribution >= 4 is 11.9 Å². The van der Waals surface area contributed by atoms with E-state index < -0.39 is 11.9 Å². The maximum atomic E-state index is 10.9. The predicted molar refractivity (Wildman–Crippen MR) is 229 cm³/mol. The highest BCUT2D eigenvalue weighted by molar-refractivity contribution is 5.72. The van der Waals surface area contributed by atoms with Crippen LogP contribution >= 0.6 is 0 Å². The minimum absolute atomic E-state index is 0. The largest absolute Gasteiger partial charge is 0.481 e. The summed E-state index contributed by atoms with van der Waals surface area (Å²) in [5.74, 6) is 1.71. The van der Waals surface area contributed by atoms with E-state index >= 15 is 0 Å². The van der Waals surface area contributed by atoms with E-state index in [0.717, 1.165) is 57.8 Å². The fraction of sp³-hybridized carbons (Fsp3) is 0.292. The zero-order valence-electron chi connectivity index (χ0n) is 32.9. The summed E-state index contributed by atoms with van der Waals surface area (Å²) in [5, 5.41) is 26.2. The Morgan fingerprint density at radius 3 is 1.43 bits per heavy atom. The fourth-order valence-electron chi connectivity index (χ4n) is 8.04. The van der Waals surface area contributed by atoms with Crippen molar-refractivity contribution in [3.05, 3.63) is 132 Å². The normalized spacial score (nSPS) is 15.9. The molecular weight excluding hydrogens is 773 g/mol. The van der Waals surface area contributed by atoms with Crippen LogP contribution < -0.4 is 0 Å². The van der Waals surface area contributed by atoms with Crippen LogP contribution in [0.15, 0.2) is 129 Å².